The summed E-state index contributed by atoms with van der Waals surface area (Å²) in [5, 5.41) is 0. The first kappa shape index (κ1) is 24.2. The summed E-state index contributed by atoms with van der Waals surface area (Å²) in [5.41, 5.74) is 3.19. The SMILES string of the molecule is CCCc1ncc(C(=O)OCC)n1Cc1ccc(-c2ccccc2C(=O)OC(C)(C)C)cc1. The first-order valence-corrected chi connectivity index (χ1v) is 11.4. The maximum absolute atomic E-state index is 12.7. The summed E-state index contributed by atoms with van der Waals surface area (Å²) in [6.45, 7) is 10.3. The Morgan fingerprint density at radius 3 is 2.30 bits per heavy atom. The molecule has 6 heteroatoms. The van der Waals surface area contributed by atoms with Gasteiger partial charge >= 0.3 is 11.9 Å². The lowest BCUT2D eigenvalue weighted by molar-refractivity contribution is 0.00702. The van der Waals surface area contributed by atoms with Gasteiger partial charge in [-0.3, -0.25) is 0 Å². The topological polar surface area (TPSA) is 70.4 Å². The minimum absolute atomic E-state index is 0.318. The standard InChI is InChI=1S/C27H32N2O4/c1-6-10-24-28-17-23(26(31)32-7-2)29(24)18-19-13-15-20(16-14-19)21-11-8-9-12-22(21)25(30)33-27(3,4)5/h8-9,11-17H,6-7,10,18H2,1-5H3. The summed E-state index contributed by atoms with van der Waals surface area (Å²) in [7, 11) is 0. The second-order valence-electron chi connectivity index (χ2n) is 8.86. The summed E-state index contributed by atoms with van der Waals surface area (Å²) in [4.78, 5) is 29.5. The summed E-state index contributed by atoms with van der Waals surface area (Å²) < 4.78 is 12.7. The molecule has 0 fully saturated rings. The van der Waals surface area contributed by atoms with Crippen LogP contribution in [-0.2, 0) is 22.4 Å². The quantitative estimate of drug-likeness (QED) is 0.415. The highest BCUT2D eigenvalue weighted by molar-refractivity contribution is 5.97. The van der Waals surface area contributed by atoms with Crippen LogP contribution in [0, 0.1) is 0 Å². The van der Waals surface area contributed by atoms with Gasteiger partial charge in [0, 0.05) is 13.0 Å². The Balaban J connectivity index is 1.88. The molecule has 0 radical (unpaired) electrons. The van der Waals surface area contributed by atoms with E-state index in [2.05, 4.69) is 11.9 Å². The second-order valence-corrected chi connectivity index (χ2v) is 8.86. The van der Waals surface area contributed by atoms with Crippen molar-refractivity contribution in [1.29, 1.82) is 0 Å². The van der Waals surface area contributed by atoms with Crippen LogP contribution in [-0.4, -0.2) is 33.7 Å². The second kappa shape index (κ2) is 10.5. The molecular weight excluding hydrogens is 416 g/mol. The van der Waals surface area contributed by atoms with Crippen LogP contribution in [0.2, 0.25) is 0 Å². The smallest absolute Gasteiger partial charge is 0.356 e. The lowest BCUT2D eigenvalue weighted by atomic mass is 9.98. The molecule has 174 valence electrons. The Labute approximate surface area is 195 Å². The van der Waals surface area contributed by atoms with Gasteiger partial charge in [-0.1, -0.05) is 49.4 Å². The van der Waals surface area contributed by atoms with Crippen molar-refractivity contribution in [3.8, 4) is 11.1 Å². The van der Waals surface area contributed by atoms with Crippen molar-refractivity contribution in [1.82, 2.24) is 9.55 Å². The van der Waals surface area contributed by atoms with Crippen LogP contribution in [0.3, 0.4) is 0 Å². The number of esters is 2. The van der Waals surface area contributed by atoms with Crippen molar-refractivity contribution >= 4 is 11.9 Å². The fourth-order valence-corrected chi connectivity index (χ4v) is 3.60. The van der Waals surface area contributed by atoms with Gasteiger partial charge in [0.1, 0.15) is 17.1 Å². The number of aromatic nitrogens is 2. The van der Waals surface area contributed by atoms with Crippen molar-refractivity contribution in [2.45, 2.75) is 59.6 Å². The zero-order valence-electron chi connectivity index (χ0n) is 20.1. The van der Waals surface area contributed by atoms with E-state index in [4.69, 9.17) is 9.47 Å². The highest BCUT2D eigenvalue weighted by atomic mass is 16.6. The molecule has 6 nitrogen and oxygen atoms in total. The van der Waals surface area contributed by atoms with Gasteiger partial charge in [0.25, 0.3) is 0 Å². The van der Waals surface area contributed by atoms with Crippen LogP contribution < -0.4 is 0 Å². The van der Waals surface area contributed by atoms with Gasteiger partial charge in [0.2, 0.25) is 0 Å². The van der Waals surface area contributed by atoms with Crippen LogP contribution in [0.25, 0.3) is 11.1 Å². The minimum Gasteiger partial charge on any atom is -0.461 e. The number of imidazole rings is 1. The molecule has 3 rings (SSSR count). The number of benzene rings is 2. The molecule has 0 atom stereocenters. The zero-order chi connectivity index (χ0) is 24.0. The van der Waals surface area contributed by atoms with Gasteiger partial charge in [0.15, 0.2) is 0 Å². The van der Waals surface area contributed by atoms with Crippen LogP contribution in [0.5, 0.6) is 0 Å². The molecule has 0 amide bonds. The lowest BCUT2D eigenvalue weighted by Crippen LogP contribution is -2.24. The molecule has 0 saturated heterocycles. The first-order chi connectivity index (χ1) is 15.7. The molecular formula is C27H32N2O4. The summed E-state index contributed by atoms with van der Waals surface area (Å²) in [6.07, 6.45) is 3.30. The first-order valence-electron chi connectivity index (χ1n) is 11.4. The Kier molecular flexibility index (Phi) is 7.69. The molecule has 2 aromatic carbocycles. The van der Waals surface area contributed by atoms with Crippen LogP contribution >= 0.6 is 0 Å². The fraction of sp³-hybridized carbons (Fsp3) is 0.370. The van der Waals surface area contributed by atoms with E-state index < -0.39 is 5.60 Å². The van der Waals surface area contributed by atoms with Gasteiger partial charge in [0.05, 0.1) is 18.4 Å². The number of carbonyl (C=O) groups excluding carboxylic acids is 2. The minimum atomic E-state index is -0.564. The van der Waals surface area contributed by atoms with Crippen LogP contribution in [0.15, 0.2) is 54.7 Å². The Morgan fingerprint density at radius 2 is 1.67 bits per heavy atom. The fourth-order valence-electron chi connectivity index (χ4n) is 3.60. The predicted molar refractivity (Wildman–Crippen MR) is 128 cm³/mol. The number of rotatable bonds is 8. The van der Waals surface area contributed by atoms with Gasteiger partial charge in [-0.15, -0.1) is 0 Å². The molecule has 0 bridgehead atoms. The van der Waals surface area contributed by atoms with Gasteiger partial charge in [-0.25, -0.2) is 14.6 Å². The molecule has 0 aliphatic heterocycles. The van der Waals surface area contributed by atoms with E-state index in [-0.39, 0.29) is 11.9 Å². The number of carbonyl (C=O) groups is 2. The Bertz CT molecular complexity index is 1110. The number of aryl methyl sites for hydroxylation is 1. The molecule has 0 aliphatic carbocycles. The predicted octanol–water partition coefficient (Wildman–Crippen LogP) is 5.68. The third kappa shape index (κ3) is 6.09. The summed E-state index contributed by atoms with van der Waals surface area (Å²) in [6, 6.07) is 15.4. The van der Waals surface area contributed by atoms with E-state index in [9.17, 15) is 9.59 Å². The summed E-state index contributed by atoms with van der Waals surface area (Å²) >= 11 is 0. The average molecular weight is 449 g/mol. The largest absolute Gasteiger partial charge is 0.461 e. The third-order valence-electron chi connectivity index (χ3n) is 5.05. The molecule has 0 N–H and O–H groups in total. The van der Waals surface area contributed by atoms with E-state index >= 15 is 0 Å². The Hall–Kier alpha value is -3.41. The maximum Gasteiger partial charge on any atom is 0.356 e. The van der Waals surface area contributed by atoms with Crippen molar-refractivity contribution in [2.75, 3.05) is 6.61 Å². The molecule has 1 aromatic heterocycles. The monoisotopic (exact) mass is 448 g/mol. The molecule has 1 heterocycles. The van der Waals surface area contributed by atoms with Crippen molar-refractivity contribution in [2.24, 2.45) is 0 Å². The summed E-state index contributed by atoms with van der Waals surface area (Å²) in [5.74, 6) is 0.152. The molecule has 0 spiro atoms. The number of hydrogen-bond acceptors (Lipinski definition) is 5. The zero-order valence-corrected chi connectivity index (χ0v) is 20.1. The lowest BCUT2D eigenvalue weighted by Gasteiger charge is -2.20. The molecule has 0 saturated carbocycles. The normalized spacial score (nSPS) is 11.3. The van der Waals surface area contributed by atoms with Gasteiger partial charge in [-0.05, 0) is 56.9 Å². The molecule has 3 aromatic rings. The van der Waals surface area contributed by atoms with Crippen molar-refractivity contribution in [3.63, 3.8) is 0 Å². The van der Waals surface area contributed by atoms with Crippen LogP contribution in [0.1, 0.15) is 73.3 Å². The Morgan fingerprint density at radius 1 is 0.970 bits per heavy atom. The number of hydrogen-bond donors (Lipinski definition) is 0. The average Bonchev–Trinajstić information content (AvgIpc) is 3.16. The third-order valence-corrected chi connectivity index (χ3v) is 5.05. The molecule has 0 aliphatic rings. The van der Waals surface area contributed by atoms with Gasteiger partial charge < -0.3 is 14.0 Å². The number of nitrogens with zero attached hydrogens (tertiary/aromatic N) is 2. The highest BCUT2D eigenvalue weighted by Crippen LogP contribution is 2.26. The van der Waals surface area contributed by atoms with Crippen LogP contribution in [0.4, 0.5) is 0 Å². The van der Waals surface area contributed by atoms with Crippen molar-refractivity contribution < 1.29 is 19.1 Å². The van der Waals surface area contributed by atoms with E-state index in [0.717, 1.165) is 35.4 Å². The van der Waals surface area contributed by atoms with E-state index in [1.807, 2.05) is 67.8 Å². The van der Waals surface area contributed by atoms with Gasteiger partial charge in [-0.2, -0.15) is 0 Å². The van der Waals surface area contributed by atoms with Crippen molar-refractivity contribution in [3.05, 3.63) is 77.4 Å². The maximum atomic E-state index is 12.7. The van der Waals surface area contributed by atoms with E-state index in [1.54, 1.807) is 19.2 Å². The molecule has 33 heavy (non-hydrogen) atoms. The highest BCUT2D eigenvalue weighted by Gasteiger charge is 2.21. The number of ether oxygens (including phenoxy) is 2. The molecule has 0 unspecified atom stereocenters. The van der Waals surface area contributed by atoms with E-state index in [1.165, 1.54) is 0 Å². The van der Waals surface area contributed by atoms with E-state index in [0.29, 0.717) is 24.4 Å².